The number of hydrogen-bond donors (Lipinski definition) is 2. The van der Waals surface area contributed by atoms with Crippen LogP contribution in [0.4, 0.5) is 10.9 Å². The van der Waals surface area contributed by atoms with E-state index in [1.807, 2.05) is 13.0 Å². The molecule has 0 unspecified atom stereocenters. The molecule has 0 bridgehead atoms. The Bertz CT molecular complexity index is 934. The van der Waals surface area contributed by atoms with Crippen LogP contribution in [0.1, 0.15) is 12.6 Å². The molecule has 1 amide bonds. The number of amides is 1. The minimum absolute atomic E-state index is 0.188. The monoisotopic (exact) mass is 344 g/mol. The van der Waals surface area contributed by atoms with Gasteiger partial charge in [0.1, 0.15) is 11.2 Å². The van der Waals surface area contributed by atoms with Crippen LogP contribution in [0.2, 0.25) is 0 Å². The quantitative estimate of drug-likeness (QED) is 0.727. The molecule has 24 heavy (non-hydrogen) atoms. The fourth-order valence-corrected chi connectivity index (χ4v) is 3.26. The summed E-state index contributed by atoms with van der Waals surface area (Å²) in [5.74, 6) is -0.205. The lowest BCUT2D eigenvalue weighted by molar-refractivity contribution is -0.117. The van der Waals surface area contributed by atoms with E-state index in [0.717, 1.165) is 16.1 Å². The highest BCUT2D eigenvalue weighted by molar-refractivity contribution is 7.22. The van der Waals surface area contributed by atoms with Crippen molar-refractivity contribution in [3.8, 4) is 0 Å². The summed E-state index contributed by atoms with van der Waals surface area (Å²) in [5.41, 5.74) is 0.504. The van der Waals surface area contributed by atoms with Gasteiger partial charge in [0.15, 0.2) is 0 Å². The fraction of sp³-hybridized carbons (Fsp3) is 0.267. The number of nitrogens with zero attached hydrogens (tertiary/aromatic N) is 4. The second kappa shape index (κ2) is 6.75. The Morgan fingerprint density at radius 3 is 2.75 bits per heavy atom. The van der Waals surface area contributed by atoms with Crippen molar-refractivity contribution in [2.75, 3.05) is 17.7 Å². The first-order valence-electron chi connectivity index (χ1n) is 7.40. The van der Waals surface area contributed by atoms with Crippen molar-refractivity contribution in [2.24, 2.45) is 0 Å². The highest BCUT2D eigenvalue weighted by Gasteiger charge is 2.15. The Balaban J connectivity index is 1.93. The molecule has 0 radical (unpaired) electrons. The van der Waals surface area contributed by atoms with Crippen molar-refractivity contribution in [1.82, 2.24) is 19.7 Å². The molecule has 0 saturated heterocycles. The van der Waals surface area contributed by atoms with E-state index in [4.69, 9.17) is 0 Å². The van der Waals surface area contributed by atoms with Crippen LogP contribution in [0.25, 0.3) is 10.1 Å². The molecule has 0 spiro atoms. The first kappa shape index (κ1) is 16.1. The lowest BCUT2D eigenvalue weighted by Crippen LogP contribution is -2.30. The summed E-state index contributed by atoms with van der Waals surface area (Å²) in [5, 5.41) is 11.6. The zero-order valence-electron chi connectivity index (χ0n) is 13.2. The molecule has 124 valence electrons. The van der Waals surface area contributed by atoms with Crippen LogP contribution in [0.3, 0.4) is 0 Å². The van der Waals surface area contributed by atoms with Crippen LogP contribution < -0.4 is 16.2 Å². The van der Waals surface area contributed by atoms with Crippen molar-refractivity contribution in [3.63, 3.8) is 0 Å². The minimum atomic E-state index is -0.400. The topological polar surface area (TPSA) is 102 Å². The van der Waals surface area contributed by atoms with Crippen molar-refractivity contribution < 1.29 is 4.79 Å². The highest BCUT2D eigenvalue weighted by atomic mass is 32.1. The van der Waals surface area contributed by atoms with E-state index >= 15 is 0 Å². The van der Waals surface area contributed by atoms with Crippen molar-refractivity contribution >= 4 is 38.3 Å². The van der Waals surface area contributed by atoms with Gasteiger partial charge >= 0.3 is 0 Å². The molecule has 0 aliphatic heterocycles. The standard InChI is InChI=1S/C15H16N6O2S/c1-3-10-9-7-12(16-2)24-13(9)14(23)21(20-10)8-11(22)19-15-17-5-4-6-18-15/h4-7,16H,3,8H2,1-2H3,(H,17,18,19,22). The smallest absolute Gasteiger partial charge is 0.285 e. The molecule has 3 heterocycles. The van der Waals surface area contributed by atoms with E-state index < -0.39 is 5.91 Å². The molecule has 0 aromatic carbocycles. The predicted octanol–water partition coefficient (Wildman–Crippen LogP) is 1.49. The second-order valence-electron chi connectivity index (χ2n) is 4.99. The summed E-state index contributed by atoms with van der Waals surface area (Å²) in [6, 6.07) is 3.56. The van der Waals surface area contributed by atoms with Crippen molar-refractivity contribution in [3.05, 3.63) is 40.6 Å². The summed E-state index contributed by atoms with van der Waals surface area (Å²) in [7, 11) is 1.80. The summed E-state index contributed by atoms with van der Waals surface area (Å²) in [6.45, 7) is 1.78. The van der Waals surface area contributed by atoms with Crippen LogP contribution in [0.15, 0.2) is 29.3 Å². The van der Waals surface area contributed by atoms with Crippen LogP contribution in [-0.4, -0.2) is 32.7 Å². The molecule has 8 nitrogen and oxygen atoms in total. The second-order valence-corrected chi connectivity index (χ2v) is 6.04. The molecule has 0 aliphatic rings. The normalized spacial score (nSPS) is 10.8. The van der Waals surface area contributed by atoms with Crippen molar-refractivity contribution in [2.45, 2.75) is 19.9 Å². The third kappa shape index (κ3) is 3.11. The molecule has 3 aromatic rings. The Kier molecular flexibility index (Phi) is 4.52. The molecular weight excluding hydrogens is 328 g/mol. The number of nitrogens with one attached hydrogen (secondary N) is 2. The first-order chi connectivity index (χ1) is 11.6. The average molecular weight is 344 g/mol. The summed E-state index contributed by atoms with van der Waals surface area (Å²) in [4.78, 5) is 32.6. The van der Waals surface area contributed by atoms with Gasteiger partial charge in [0.05, 0.1) is 10.7 Å². The largest absolute Gasteiger partial charge is 0.380 e. The molecule has 3 aromatic heterocycles. The maximum atomic E-state index is 12.6. The SMILES string of the molecule is CCc1nn(CC(=O)Nc2ncccn2)c(=O)c2sc(NC)cc12. The predicted molar refractivity (Wildman–Crippen MR) is 93.5 cm³/mol. The highest BCUT2D eigenvalue weighted by Crippen LogP contribution is 2.28. The Hall–Kier alpha value is -2.81. The van der Waals surface area contributed by atoms with Gasteiger partial charge in [-0.25, -0.2) is 14.6 Å². The maximum absolute atomic E-state index is 12.6. The molecule has 0 atom stereocenters. The number of anilines is 2. The van der Waals surface area contributed by atoms with Crippen LogP contribution >= 0.6 is 11.3 Å². The van der Waals surface area contributed by atoms with E-state index in [1.54, 1.807) is 13.1 Å². The Labute approximate surface area is 141 Å². The van der Waals surface area contributed by atoms with Gasteiger partial charge in [-0.15, -0.1) is 11.3 Å². The maximum Gasteiger partial charge on any atom is 0.285 e. The van der Waals surface area contributed by atoms with Crippen LogP contribution in [0.5, 0.6) is 0 Å². The summed E-state index contributed by atoms with van der Waals surface area (Å²) < 4.78 is 1.78. The molecule has 0 aliphatic carbocycles. The number of carbonyl (C=O) groups is 1. The van der Waals surface area contributed by atoms with E-state index in [-0.39, 0.29) is 18.1 Å². The van der Waals surface area contributed by atoms with Gasteiger partial charge in [-0.3, -0.25) is 14.9 Å². The number of thiophene rings is 1. The number of carbonyl (C=O) groups excluding carboxylic acids is 1. The lowest BCUT2D eigenvalue weighted by Gasteiger charge is -2.07. The van der Waals surface area contributed by atoms with Gasteiger partial charge in [0.2, 0.25) is 11.9 Å². The summed E-state index contributed by atoms with van der Waals surface area (Å²) >= 11 is 1.36. The Morgan fingerprint density at radius 2 is 2.08 bits per heavy atom. The van der Waals surface area contributed by atoms with Gasteiger partial charge in [-0.05, 0) is 18.6 Å². The van der Waals surface area contributed by atoms with Crippen molar-refractivity contribution in [1.29, 1.82) is 0 Å². The van der Waals surface area contributed by atoms with Gasteiger partial charge in [0.25, 0.3) is 5.56 Å². The molecule has 0 saturated carbocycles. The third-order valence-corrected chi connectivity index (χ3v) is 4.55. The number of hydrogen-bond acceptors (Lipinski definition) is 7. The fourth-order valence-electron chi connectivity index (χ4n) is 2.28. The van der Waals surface area contributed by atoms with Crippen LogP contribution in [-0.2, 0) is 17.8 Å². The van der Waals surface area contributed by atoms with Gasteiger partial charge < -0.3 is 5.32 Å². The minimum Gasteiger partial charge on any atom is -0.380 e. The number of rotatable bonds is 5. The molecule has 0 fully saturated rings. The Morgan fingerprint density at radius 1 is 1.33 bits per heavy atom. The van der Waals surface area contributed by atoms with E-state index in [0.29, 0.717) is 11.1 Å². The van der Waals surface area contributed by atoms with Crippen LogP contribution in [0, 0.1) is 0 Å². The van der Waals surface area contributed by atoms with Gasteiger partial charge in [-0.1, -0.05) is 6.92 Å². The number of fused-ring (bicyclic) bond motifs is 1. The van der Waals surface area contributed by atoms with E-state index in [1.165, 1.54) is 28.4 Å². The van der Waals surface area contributed by atoms with Gasteiger partial charge in [-0.2, -0.15) is 5.10 Å². The van der Waals surface area contributed by atoms with E-state index in [9.17, 15) is 9.59 Å². The molecule has 3 rings (SSSR count). The summed E-state index contributed by atoms with van der Waals surface area (Å²) in [6.07, 6.45) is 3.72. The molecule has 2 N–H and O–H groups in total. The number of aromatic nitrogens is 4. The first-order valence-corrected chi connectivity index (χ1v) is 8.22. The molecular formula is C15H16N6O2S. The molecule has 9 heteroatoms. The third-order valence-electron chi connectivity index (χ3n) is 3.40. The number of aryl methyl sites for hydroxylation is 1. The lowest BCUT2D eigenvalue weighted by atomic mass is 10.2. The van der Waals surface area contributed by atoms with Gasteiger partial charge in [0, 0.05) is 24.8 Å². The zero-order valence-corrected chi connectivity index (χ0v) is 14.1. The zero-order chi connectivity index (χ0) is 17.1. The van der Waals surface area contributed by atoms with E-state index in [2.05, 4.69) is 25.7 Å². The average Bonchev–Trinajstić information content (AvgIpc) is 3.03.